The molecule has 2 heteroatoms. The summed E-state index contributed by atoms with van der Waals surface area (Å²) in [7, 11) is 0. The van der Waals surface area contributed by atoms with Crippen LogP contribution in [0, 0.1) is 5.41 Å². The van der Waals surface area contributed by atoms with Gasteiger partial charge in [0.15, 0.2) is 0 Å². The maximum atomic E-state index is 7.26. The summed E-state index contributed by atoms with van der Waals surface area (Å²) in [5.74, 6) is 0. The Bertz CT molecular complexity index is 268. The standard InChI is InChI=1S/C9H10ClN/c1-7(11)5-8-3-2-4-9(10)6-8/h2-4,6,11H,5H2,1H3. The molecule has 0 unspecified atom stereocenters. The largest absolute Gasteiger partial charge is 0.310 e. The predicted octanol–water partition coefficient (Wildman–Crippen LogP) is 2.92. The Morgan fingerprint density at radius 2 is 2.27 bits per heavy atom. The third-order valence-corrected chi connectivity index (χ3v) is 1.59. The molecule has 0 aliphatic heterocycles. The van der Waals surface area contributed by atoms with Crippen molar-refractivity contribution >= 4 is 17.3 Å². The van der Waals surface area contributed by atoms with Crippen LogP contribution in [0.4, 0.5) is 0 Å². The first kappa shape index (κ1) is 8.28. The van der Waals surface area contributed by atoms with Crippen LogP contribution in [0.1, 0.15) is 12.5 Å². The Kier molecular flexibility index (Phi) is 2.66. The van der Waals surface area contributed by atoms with E-state index in [2.05, 4.69) is 0 Å². The summed E-state index contributed by atoms with van der Waals surface area (Å²) < 4.78 is 0. The SMILES string of the molecule is CC(=N)Cc1cccc(Cl)c1. The summed E-state index contributed by atoms with van der Waals surface area (Å²) in [6.07, 6.45) is 0.695. The van der Waals surface area contributed by atoms with Crippen molar-refractivity contribution in [2.24, 2.45) is 0 Å². The van der Waals surface area contributed by atoms with Crippen molar-refractivity contribution in [1.29, 1.82) is 5.41 Å². The Balaban J connectivity index is 2.79. The van der Waals surface area contributed by atoms with Crippen LogP contribution in [0.15, 0.2) is 24.3 Å². The average Bonchev–Trinajstić information content (AvgIpc) is 1.85. The smallest absolute Gasteiger partial charge is 0.0408 e. The third kappa shape index (κ3) is 2.72. The molecule has 11 heavy (non-hydrogen) atoms. The normalized spacial score (nSPS) is 9.64. The second-order valence-electron chi connectivity index (χ2n) is 2.59. The van der Waals surface area contributed by atoms with E-state index in [4.69, 9.17) is 17.0 Å². The first-order valence-electron chi connectivity index (χ1n) is 3.47. The van der Waals surface area contributed by atoms with E-state index in [1.807, 2.05) is 24.3 Å². The fourth-order valence-electron chi connectivity index (χ4n) is 0.953. The van der Waals surface area contributed by atoms with E-state index in [1.165, 1.54) is 0 Å². The van der Waals surface area contributed by atoms with Gasteiger partial charge < -0.3 is 5.41 Å². The lowest BCUT2D eigenvalue weighted by molar-refractivity contribution is 1.27. The van der Waals surface area contributed by atoms with Crippen LogP contribution in [0.2, 0.25) is 5.02 Å². The number of nitrogens with one attached hydrogen (secondary N) is 1. The molecule has 1 N–H and O–H groups in total. The molecule has 1 rings (SSSR count). The second kappa shape index (κ2) is 3.54. The summed E-state index contributed by atoms with van der Waals surface area (Å²) in [5, 5.41) is 8.00. The molecule has 0 amide bonds. The highest BCUT2D eigenvalue weighted by Gasteiger charge is 1.94. The molecule has 0 saturated heterocycles. The summed E-state index contributed by atoms with van der Waals surface area (Å²) >= 11 is 5.76. The Morgan fingerprint density at radius 3 is 2.82 bits per heavy atom. The van der Waals surface area contributed by atoms with Crippen LogP contribution in [-0.4, -0.2) is 5.71 Å². The zero-order valence-electron chi connectivity index (χ0n) is 6.39. The van der Waals surface area contributed by atoms with Crippen molar-refractivity contribution in [1.82, 2.24) is 0 Å². The fraction of sp³-hybridized carbons (Fsp3) is 0.222. The Hall–Kier alpha value is -0.820. The van der Waals surface area contributed by atoms with Gasteiger partial charge in [-0.3, -0.25) is 0 Å². The van der Waals surface area contributed by atoms with Crippen LogP contribution in [0.25, 0.3) is 0 Å². The summed E-state index contributed by atoms with van der Waals surface area (Å²) in [6, 6.07) is 7.61. The molecular formula is C9H10ClN. The molecule has 0 radical (unpaired) electrons. The van der Waals surface area contributed by atoms with Crippen LogP contribution in [0.5, 0.6) is 0 Å². The van der Waals surface area contributed by atoms with Gasteiger partial charge in [-0.1, -0.05) is 23.7 Å². The molecule has 0 heterocycles. The van der Waals surface area contributed by atoms with Crippen molar-refractivity contribution in [3.8, 4) is 0 Å². The van der Waals surface area contributed by atoms with Crippen molar-refractivity contribution < 1.29 is 0 Å². The number of rotatable bonds is 2. The topological polar surface area (TPSA) is 23.9 Å². The van der Waals surface area contributed by atoms with Gasteiger partial charge in [0, 0.05) is 17.2 Å². The average molecular weight is 168 g/mol. The molecule has 1 nitrogen and oxygen atoms in total. The van der Waals surface area contributed by atoms with E-state index >= 15 is 0 Å². The van der Waals surface area contributed by atoms with E-state index in [0.29, 0.717) is 12.1 Å². The van der Waals surface area contributed by atoms with Gasteiger partial charge in [-0.05, 0) is 24.6 Å². The van der Waals surface area contributed by atoms with E-state index in [9.17, 15) is 0 Å². The zero-order chi connectivity index (χ0) is 8.27. The lowest BCUT2D eigenvalue weighted by Gasteiger charge is -1.98. The monoisotopic (exact) mass is 167 g/mol. The number of hydrogen-bond donors (Lipinski definition) is 1. The van der Waals surface area contributed by atoms with Gasteiger partial charge >= 0.3 is 0 Å². The highest BCUT2D eigenvalue weighted by atomic mass is 35.5. The number of hydrogen-bond acceptors (Lipinski definition) is 1. The van der Waals surface area contributed by atoms with E-state index in [-0.39, 0.29) is 0 Å². The molecule has 0 atom stereocenters. The molecular weight excluding hydrogens is 158 g/mol. The molecule has 0 aliphatic carbocycles. The molecule has 0 bridgehead atoms. The zero-order valence-corrected chi connectivity index (χ0v) is 7.15. The summed E-state index contributed by atoms with van der Waals surface area (Å²) in [5.41, 5.74) is 1.76. The minimum atomic E-state index is 0.660. The predicted molar refractivity (Wildman–Crippen MR) is 48.6 cm³/mol. The van der Waals surface area contributed by atoms with Gasteiger partial charge in [0.2, 0.25) is 0 Å². The van der Waals surface area contributed by atoms with Crippen molar-refractivity contribution in [2.75, 3.05) is 0 Å². The maximum Gasteiger partial charge on any atom is 0.0408 e. The van der Waals surface area contributed by atoms with Crippen molar-refractivity contribution in [3.63, 3.8) is 0 Å². The molecule has 0 saturated carbocycles. The molecule has 0 aliphatic rings. The first-order valence-corrected chi connectivity index (χ1v) is 3.85. The lowest BCUT2D eigenvalue weighted by atomic mass is 10.1. The lowest BCUT2D eigenvalue weighted by Crippen LogP contribution is -1.94. The Labute approximate surface area is 71.5 Å². The molecule has 58 valence electrons. The van der Waals surface area contributed by atoms with E-state index in [1.54, 1.807) is 6.92 Å². The highest BCUT2D eigenvalue weighted by Crippen LogP contribution is 2.10. The summed E-state index contributed by atoms with van der Waals surface area (Å²) in [4.78, 5) is 0. The second-order valence-corrected chi connectivity index (χ2v) is 3.02. The Morgan fingerprint density at radius 1 is 1.55 bits per heavy atom. The summed E-state index contributed by atoms with van der Waals surface area (Å²) in [6.45, 7) is 1.79. The van der Waals surface area contributed by atoms with Gasteiger partial charge in [0.1, 0.15) is 0 Å². The maximum absolute atomic E-state index is 7.26. The molecule has 0 fully saturated rings. The first-order chi connectivity index (χ1) is 5.18. The molecule has 0 spiro atoms. The van der Waals surface area contributed by atoms with Crippen molar-refractivity contribution in [2.45, 2.75) is 13.3 Å². The van der Waals surface area contributed by atoms with Gasteiger partial charge in [0.05, 0.1) is 0 Å². The van der Waals surface area contributed by atoms with Gasteiger partial charge in [-0.25, -0.2) is 0 Å². The minimum absolute atomic E-state index is 0.660. The van der Waals surface area contributed by atoms with Crippen LogP contribution in [0.3, 0.4) is 0 Å². The number of halogens is 1. The quantitative estimate of drug-likeness (QED) is 0.655. The fourth-order valence-corrected chi connectivity index (χ4v) is 1.17. The van der Waals surface area contributed by atoms with Crippen LogP contribution < -0.4 is 0 Å². The van der Waals surface area contributed by atoms with E-state index < -0.39 is 0 Å². The van der Waals surface area contributed by atoms with Gasteiger partial charge in [0.25, 0.3) is 0 Å². The number of benzene rings is 1. The molecule has 1 aromatic rings. The van der Waals surface area contributed by atoms with Gasteiger partial charge in [-0.2, -0.15) is 0 Å². The van der Waals surface area contributed by atoms with Crippen molar-refractivity contribution in [3.05, 3.63) is 34.9 Å². The van der Waals surface area contributed by atoms with E-state index in [0.717, 1.165) is 10.6 Å². The van der Waals surface area contributed by atoms with Crippen LogP contribution in [-0.2, 0) is 6.42 Å². The minimum Gasteiger partial charge on any atom is -0.310 e. The molecule has 0 aromatic heterocycles. The molecule has 1 aromatic carbocycles. The third-order valence-electron chi connectivity index (χ3n) is 1.36. The highest BCUT2D eigenvalue weighted by molar-refractivity contribution is 6.30. The van der Waals surface area contributed by atoms with Gasteiger partial charge in [-0.15, -0.1) is 0 Å². The van der Waals surface area contributed by atoms with Crippen LogP contribution >= 0.6 is 11.6 Å².